The SMILES string of the molecule is CCOCC(C)NC(=O)C1CCCCCN1. The third-order valence-corrected chi connectivity index (χ3v) is 2.84. The number of nitrogens with one attached hydrogen (secondary N) is 2. The molecule has 94 valence electrons. The summed E-state index contributed by atoms with van der Waals surface area (Å²) < 4.78 is 5.27. The molecule has 0 aromatic rings. The molecule has 0 aromatic carbocycles. The van der Waals surface area contributed by atoms with Crippen molar-refractivity contribution in [3.05, 3.63) is 0 Å². The highest BCUT2D eigenvalue weighted by Crippen LogP contribution is 2.08. The van der Waals surface area contributed by atoms with Gasteiger partial charge in [0.2, 0.25) is 5.91 Å². The first-order chi connectivity index (χ1) is 7.74. The minimum Gasteiger partial charge on any atom is -0.380 e. The van der Waals surface area contributed by atoms with Crippen molar-refractivity contribution in [1.29, 1.82) is 0 Å². The fourth-order valence-corrected chi connectivity index (χ4v) is 1.93. The van der Waals surface area contributed by atoms with Gasteiger partial charge in [-0.2, -0.15) is 0 Å². The van der Waals surface area contributed by atoms with Crippen LogP contribution in [-0.2, 0) is 9.53 Å². The molecule has 2 unspecified atom stereocenters. The van der Waals surface area contributed by atoms with E-state index in [2.05, 4.69) is 10.6 Å². The summed E-state index contributed by atoms with van der Waals surface area (Å²) in [6, 6.07) is 0.0871. The van der Waals surface area contributed by atoms with E-state index in [4.69, 9.17) is 4.74 Å². The van der Waals surface area contributed by atoms with Crippen molar-refractivity contribution in [2.45, 2.75) is 51.6 Å². The summed E-state index contributed by atoms with van der Waals surface area (Å²) in [5, 5.41) is 6.28. The van der Waals surface area contributed by atoms with Crippen molar-refractivity contribution in [3.63, 3.8) is 0 Å². The molecule has 0 bridgehead atoms. The van der Waals surface area contributed by atoms with Crippen LogP contribution in [0.25, 0.3) is 0 Å². The Kier molecular flexibility index (Phi) is 6.42. The number of rotatable bonds is 5. The quantitative estimate of drug-likeness (QED) is 0.740. The highest BCUT2D eigenvalue weighted by Gasteiger charge is 2.20. The van der Waals surface area contributed by atoms with Crippen molar-refractivity contribution in [2.75, 3.05) is 19.8 Å². The van der Waals surface area contributed by atoms with Crippen LogP contribution in [0.1, 0.15) is 39.5 Å². The molecule has 1 amide bonds. The lowest BCUT2D eigenvalue weighted by Crippen LogP contribution is -2.47. The Labute approximate surface area is 98.1 Å². The first-order valence-corrected chi connectivity index (χ1v) is 6.35. The average Bonchev–Trinajstić information content (AvgIpc) is 2.54. The number of ether oxygens (including phenoxy) is 1. The van der Waals surface area contributed by atoms with E-state index < -0.39 is 0 Å². The summed E-state index contributed by atoms with van der Waals surface area (Å²) in [6.45, 7) is 6.18. The van der Waals surface area contributed by atoms with Crippen molar-refractivity contribution >= 4 is 5.91 Å². The molecule has 1 saturated heterocycles. The second-order valence-electron chi connectivity index (χ2n) is 4.43. The Morgan fingerprint density at radius 3 is 3.06 bits per heavy atom. The number of hydrogen-bond acceptors (Lipinski definition) is 3. The van der Waals surface area contributed by atoms with Crippen LogP contribution in [0.15, 0.2) is 0 Å². The first kappa shape index (κ1) is 13.5. The normalized spacial score (nSPS) is 23.5. The van der Waals surface area contributed by atoms with E-state index in [1.165, 1.54) is 12.8 Å². The zero-order chi connectivity index (χ0) is 11.8. The van der Waals surface area contributed by atoms with E-state index >= 15 is 0 Å². The van der Waals surface area contributed by atoms with Crippen molar-refractivity contribution in [2.24, 2.45) is 0 Å². The Balaban J connectivity index is 2.26. The highest BCUT2D eigenvalue weighted by molar-refractivity contribution is 5.82. The standard InChI is InChI=1S/C12H24N2O2/c1-3-16-9-10(2)14-12(15)11-7-5-4-6-8-13-11/h10-11,13H,3-9H2,1-2H3,(H,14,15). The zero-order valence-electron chi connectivity index (χ0n) is 10.4. The summed E-state index contributed by atoms with van der Waals surface area (Å²) in [6.07, 6.45) is 4.50. The molecule has 0 spiro atoms. The topological polar surface area (TPSA) is 50.4 Å². The molecule has 0 radical (unpaired) electrons. The summed E-state index contributed by atoms with van der Waals surface area (Å²) in [4.78, 5) is 11.9. The van der Waals surface area contributed by atoms with Crippen LogP contribution in [0.5, 0.6) is 0 Å². The van der Waals surface area contributed by atoms with E-state index in [0.717, 1.165) is 19.4 Å². The molecule has 1 heterocycles. The van der Waals surface area contributed by atoms with Gasteiger partial charge >= 0.3 is 0 Å². The smallest absolute Gasteiger partial charge is 0.237 e. The van der Waals surface area contributed by atoms with E-state index in [1.807, 2.05) is 13.8 Å². The number of carbonyl (C=O) groups excluding carboxylic acids is 1. The van der Waals surface area contributed by atoms with E-state index in [-0.39, 0.29) is 18.0 Å². The molecule has 16 heavy (non-hydrogen) atoms. The predicted molar refractivity (Wildman–Crippen MR) is 64.4 cm³/mol. The van der Waals surface area contributed by atoms with Gasteiger partial charge in [0.15, 0.2) is 0 Å². The van der Waals surface area contributed by atoms with Gasteiger partial charge in [-0.05, 0) is 33.2 Å². The van der Waals surface area contributed by atoms with Gasteiger partial charge in [-0.15, -0.1) is 0 Å². The molecule has 4 heteroatoms. The van der Waals surface area contributed by atoms with E-state index in [1.54, 1.807) is 0 Å². The second kappa shape index (κ2) is 7.63. The van der Waals surface area contributed by atoms with E-state index in [9.17, 15) is 4.79 Å². The monoisotopic (exact) mass is 228 g/mol. The molecule has 1 fully saturated rings. The molecular weight excluding hydrogens is 204 g/mol. The molecule has 2 N–H and O–H groups in total. The minimum absolute atomic E-state index is 0.00780. The van der Waals surface area contributed by atoms with Crippen molar-refractivity contribution in [1.82, 2.24) is 10.6 Å². The molecule has 1 rings (SSSR count). The summed E-state index contributed by atoms with van der Waals surface area (Å²) in [7, 11) is 0. The maximum Gasteiger partial charge on any atom is 0.237 e. The van der Waals surface area contributed by atoms with Crippen molar-refractivity contribution < 1.29 is 9.53 Å². The number of hydrogen-bond donors (Lipinski definition) is 2. The summed E-state index contributed by atoms with van der Waals surface area (Å²) >= 11 is 0. The molecule has 0 aliphatic carbocycles. The fraction of sp³-hybridized carbons (Fsp3) is 0.917. The molecule has 1 aliphatic heterocycles. The lowest BCUT2D eigenvalue weighted by atomic mass is 10.1. The Morgan fingerprint density at radius 1 is 1.50 bits per heavy atom. The van der Waals surface area contributed by atoms with Crippen LogP contribution in [-0.4, -0.2) is 37.7 Å². The third-order valence-electron chi connectivity index (χ3n) is 2.84. The predicted octanol–water partition coefficient (Wildman–Crippen LogP) is 1.06. The Morgan fingerprint density at radius 2 is 2.31 bits per heavy atom. The fourth-order valence-electron chi connectivity index (χ4n) is 1.93. The van der Waals surface area contributed by atoms with Crippen LogP contribution >= 0.6 is 0 Å². The molecule has 0 saturated carbocycles. The Bertz CT molecular complexity index is 201. The molecule has 2 atom stereocenters. The van der Waals surface area contributed by atoms with Crippen LogP contribution in [0.2, 0.25) is 0 Å². The van der Waals surface area contributed by atoms with Crippen LogP contribution < -0.4 is 10.6 Å². The highest BCUT2D eigenvalue weighted by atomic mass is 16.5. The maximum absolute atomic E-state index is 11.9. The lowest BCUT2D eigenvalue weighted by Gasteiger charge is -2.19. The van der Waals surface area contributed by atoms with Crippen molar-refractivity contribution in [3.8, 4) is 0 Å². The Hall–Kier alpha value is -0.610. The maximum atomic E-state index is 11.9. The van der Waals surface area contributed by atoms with Crippen LogP contribution in [0.4, 0.5) is 0 Å². The molecule has 1 aliphatic rings. The minimum atomic E-state index is -0.00780. The number of amides is 1. The van der Waals surface area contributed by atoms with E-state index in [0.29, 0.717) is 13.2 Å². The van der Waals surface area contributed by atoms with Crippen LogP contribution in [0, 0.1) is 0 Å². The molecule has 0 aromatic heterocycles. The molecular formula is C12H24N2O2. The second-order valence-corrected chi connectivity index (χ2v) is 4.43. The first-order valence-electron chi connectivity index (χ1n) is 6.35. The van der Waals surface area contributed by atoms with Crippen LogP contribution in [0.3, 0.4) is 0 Å². The van der Waals surface area contributed by atoms with Gasteiger partial charge in [0.05, 0.1) is 12.6 Å². The average molecular weight is 228 g/mol. The third kappa shape index (κ3) is 4.94. The van der Waals surface area contributed by atoms with Gasteiger partial charge in [-0.3, -0.25) is 4.79 Å². The lowest BCUT2D eigenvalue weighted by molar-refractivity contribution is -0.124. The number of carbonyl (C=O) groups is 1. The van der Waals surface area contributed by atoms with Gasteiger partial charge in [-0.1, -0.05) is 12.8 Å². The van der Waals surface area contributed by atoms with Gasteiger partial charge in [0, 0.05) is 12.6 Å². The van der Waals surface area contributed by atoms with Gasteiger partial charge in [0.25, 0.3) is 0 Å². The zero-order valence-corrected chi connectivity index (χ0v) is 10.4. The molecule has 4 nitrogen and oxygen atoms in total. The largest absolute Gasteiger partial charge is 0.380 e. The summed E-state index contributed by atoms with van der Waals surface area (Å²) in [5.74, 6) is 0.120. The van der Waals surface area contributed by atoms with Gasteiger partial charge in [0.1, 0.15) is 0 Å². The van der Waals surface area contributed by atoms with Gasteiger partial charge < -0.3 is 15.4 Å². The van der Waals surface area contributed by atoms with Gasteiger partial charge in [-0.25, -0.2) is 0 Å². The summed E-state index contributed by atoms with van der Waals surface area (Å²) in [5.41, 5.74) is 0.